The predicted octanol–water partition coefficient (Wildman–Crippen LogP) is 7.57. The van der Waals surface area contributed by atoms with Crippen molar-refractivity contribution in [1.29, 1.82) is 0 Å². The van der Waals surface area contributed by atoms with Crippen LogP contribution in [0.3, 0.4) is 0 Å². The molecular weight excluding hydrogens is 466 g/mol. The summed E-state index contributed by atoms with van der Waals surface area (Å²) in [7, 11) is 0. The third-order valence-corrected chi connectivity index (χ3v) is 7.96. The van der Waals surface area contributed by atoms with Crippen molar-refractivity contribution in [3.05, 3.63) is 0 Å². The third-order valence-electron chi connectivity index (χ3n) is 7.96. The standard InChI is InChI=1S/C29H52F2O5/c1-3-5-20-29(30,31)26(32)19-17-24-23(16-18-25(24)36-28-15-11-12-22-35-28)13-9-7-8-10-14-27(33)34-21-6-4-2/h23-26,28,32H,3-22H2,1-2H3/t23-,24+,25+,26?,28?/m0/s1. The fourth-order valence-electron chi connectivity index (χ4n) is 5.64. The Morgan fingerprint density at radius 2 is 1.78 bits per heavy atom. The Morgan fingerprint density at radius 1 is 1.00 bits per heavy atom. The molecule has 1 aliphatic heterocycles. The van der Waals surface area contributed by atoms with E-state index < -0.39 is 12.0 Å². The molecular formula is C29H52F2O5. The average Bonchev–Trinajstić information content (AvgIpc) is 3.25. The molecule has 0 aromatic carbocycles. The monoisotopic (exact) mass is 518 g/mol. The molecule has 1 heterocycles. The zero-order valence-corrected chi connectivity index (χ0v) is 22.9. The van der Waals surface area contributed by atoms with E-state index in [2.05, 4.69) is 6.92 Å². The number of esters is 1. The topological polar surface area (TPSA) is 65.0 Å². The SMILES string of the molecule is CCCCOC(=O)CCCCCC[C@H]1CC[C@@H](OC2CCCCO2)[C@@H]1CCC(O)C(F)(F)CCCC. The summed E-state index contributed by atoms with van der Waals surface area (Å²) in [4.78, 5) is 11.7. The van der Waals surface area contributed by atoms with E-state index in [4.69, 9.17) is 14.2 Å². The molecule has 1 N–H and O–H groups in total. The molecule has 2 rings (SSSR count). The number of carbonyl (C=O) groups is 1. The van der Waals surface area contributed by atoms with Crippen molar-refractivity contribution in [3.63, 3.8) is 0 Å². The second-order valence-corrected chi connectivity index (χ2v) is 11.0. The summed E-state index contributed by atoms with van der Waals surface area (Å²) in [5.41, 5.74) is 0. The van der Waals surface area contributed by atoms with Crippen molar-refractivity contribution in [2.75, 3.05) is 13.2 Å². The third kappa shape index (κ3) is 11.7. The maximum absolute atomic E-state index is 14.4. The summed E-state index contributed by atoms with van der Waals surface area (Å²) >= 11 is 0. The molecule has 2 aliphatic rings. The van der Waals surface area contributed by atoms with Crippen LogP contribution in [-0.2, 0) is 19.0 Å². The summed E-state index contributed by atoms with van der Waals surface area (Å²) < 4.78 is 46.1. The van der Waals surface area contributed by atoms with E-state index in [9.17, 15) is 18.7 Å². The lowest BCUT2D eigenvalue weighted by molar-refractivity contribution is -0.197. The Balaban J connectivity index is 1.79. The molecule has 2 fully saturated rings. The number of halogens is 2. The van der Waals surface area contributed by atoms with Gasteiger partial charge >= 0.3 is 5.97 Å². The number of aliphatic hydroxyl groups is 1. The summed E-state index contributed by atoms with van der Waals surface area (Å²) in [6.07, 6.45) is 12.3. The number of carbonyl (C=O) groups excluding carboxylic acids is 1. The van der Waals surface area contributed by atoms with Gasteiger partial charge in [0.1, 0.15) is 6.10 Å². The molecule has 5 nitrogen and oxygen atoms in total. The predicted molar refractivity (Wildman–Crippen MR) is 138 cm³/mol. The molecule has 7 heteroatoms. The minimum atomic E-state index is -3.02. The van der Waals surface area contributed by atoms with Crippen LogP contribution in [0.1, 0.15) is 129 Å². The minimum absolute atomic E-state index is 0.0208. The molecule has 0 bridgehead atoms. The molecule has 0 spiro atoms. The quantitative estimate of drug-likeness (QED) is 0.141. The zero-order chi connectivity index (χ0) is 26.2. The van der Waals surface area contributed by atoms with Crippen LogP contribution in [0, 0.1) is 11.8 Å². The Kier molecular flexibility index (Phi) is 15.4. The van der Waals surface area contributed by atoms with Crippen molar-refractivity contribution < 1.29 is 32.9 Å². The average molecular weight is 519 g/mol. The van der Waals surface area contributed by atoms with E-state index in [-0.39, 0.29) is 37.1 Å². The lowest BCUT2D eigenvalue weighted by atomic mass is 9.84. The Hall–Kier alpha value is -0.790. The van der Waals surface area contributed by atoms with Gasteiger partial charge in [0.05, 0.1) is 12.7 Å². The molecule has 1 aliphatic carbocycles. The van der Waals surface area contributed by atoms with Crippen molar-refractivity contribution in [1.82, 2.24) is 0 Å². The molecule has 1 saturated heterocycles. The first-order chi connectivity index (χ1) is 17.4. The summed E-state index contributed by atoms with van der Waals surface area (Å²) in [5, 5.41) is 10.3. The molecule has 2 unspecified atom stereocenters. The van der Waals surface area contributed by atoms with Gasteiger partial charge in [0.2, 0.25) is 0 Å². The van der Waals surface area contributed by atoms with Gasteiger partial charge in [-0.3, -0.25) is 4.79 Å². The highest BCUT2D eigenvalue weighted by atomic mass is 19.3. The van der Waals surface area contributed by atoms with Crippen LogP contribution in [0.4, 0.5) is 8.78 Å². The molecule has 212 valence electrons. The number of alkyl halides is 2. The second kappa shape index (κ2) is 17.7. The molecule has 0 aromatic rings. The van der Waals surface area contributed by atoms with Gasteiger partial charge in [0, 0.05) is 19.4 Å². The van der Waals surface area contributed by atoms with E-state index in [1.54, 1.807) is 0 Å². The summed E-state index contributed by atoms with van der Waals surface area (Å²) in [6, 6.07) is 0. The van der Waals surface area contributed by atoms with Gasteiger partial charge in [-0.2, -0.15) is 0 Å². The highest BCUT2D eigenvalue weighted by Gasteiger charge is 2.41. The molecule has 36 heavy (non-hydrogen) atoms. The van der Waals surface area contributed by atoms with Crippen LogP contribution >= 0.6 is 0 Å². The van der Waals surface area contributed by atoms with Crippen LogP contribution in [0.15, 0.2) is 0 Å². The lowest BCUT2D eigenvalue weighted by Crippen LogP contribution is -2.36. The summed E-state index contributed by atoms with van der Waals surface area (Å²) in [5.74, 6) is -2.52. The van der Waals surface area contributed by atoms with Gasteiger partial charge in [-0.15, -0.1) is 0 Å². The van der Waals surface area contributed by atoms with Gasteiger partial charge in [0.15, 0.2) is 6.29 Å². The molecule has 0 amide bonds. The zero-order valence-electron chi connectivity index (χ0n) is 22.9. The number of hydrogen-bond donors (Lipinski definition) is 1. The number of unbranched alkanes of at least 4 members (excludes halogenated alkanes) is 5. The van der Waals surface area contributed by atoms with Crippen molar-refractivity contribution in [2.45, 2.75) is 154 Å². The largest absolute Gasteiger partial charge is 0.466 e. The van der Waals surface area contributed by atoms with Crippen LogP contribution in [0.5, 0.6) is 0 Å². The molecule has 5 atom stereocenters. The number of hydrogen-bond acceptors (Lipinski definition) is 5. The van der Waals surface area contributed by atoms with Crippen LogP contribution in [0.2, 0.25) is 0 Å². The first-order valence-electron chi connectivity index (χ1n) is 14.9. The Bertz CT molecular complexity index is 582. The van der Waals surface area contributed by atoms with Gasteiger partial charge in [0.25, 0.3) is 5.92 Å². The molecule has 0 aromatic heterocycles. The Labute approximate surface area is 218 Å². The fraction of sp³-hybridized carbons (Fsp3) is 0.966. The maximum atomic E-state index is 14.4. The first kappa shape index (κ1) is 31.4. The van der Waals surface area contributed by atoms with Crippen molar-refractivity contribution >= 4 is 5.97 Å². The van der Waals surface area contributed by atoms with Crippen LogP contribution in [0.25, 0.3) is 0 Å². The van der Waals surface area contributed by atoms with Crippen molar-refractivity contribution in [2.24, 2.45) is 11.8 Å². The maximum Gasteiger partial charge on any atom is 0.305 e. The van der Waals surface area contributed by atoms with Gasteiger partial charge < -0.3 is 19.3 Å². The highest BCUT2D eigenvalue weighted by molar-refractivity contribution is 5.69. The van der Waals surface area contributed by atoms with Crippen molar-refractivity contribution in [3.8, 4) is 0 Å². The van der Waals surface area contributed by atoms with E-state index in [1.165, 1.54) is 0 Å². The van der Waals surface area contributed by atoms with E-state index in [0.29, 0.717) is 38.2 Å². The van der Waals surface area contributed by atoms with E-state index >= 15 is 0 Å². The number of rotatable bonds is 19. The first-order valence-corrected chi connectivity index (χ1v) is 14.9. The van der Waals surface area contributed by atoms with E-state index in [0.717, 1.165) is 83.7 Å². The number of ether oxygens (including phenoxy) is 3. The van der Waals surface area contributed by atoms with Gasteiger partial charge in [-0.1, -0.05) is 52.4 Å². The molecule has 1 saturated carbocycles. The Morgan fingerprint density at radius 3 is 2.50 bits per heavy atom. The lowest BCUT2D eigenvalue weighted by Gasteiger charge is -2.32. The van der Waals surface area contributed by atoms with E-state index in [1.807, 2.05) is 6.92 Å². The van der Waals surface area contributed by atoms with Crippen LogP contribution in [-0.4, -0.2) is 48.7 Å². The van der Waals surface area contributed by atoms with Gasteiger partial charge in [-0.25, -0.2) is 8.78 Å². The highest BCUT2D eigenvalue weighted by Crippen LogP contribution is 2.42. The smallest absolute Gasteiger partial charge is 0.305 e. The second-order valence-electron chi connectivity index (χ2n) is 11.0. The molecule has 0 radical (unpaired) electrons. The van der Waals surface area contributed by atoms with Crippen LogP contribution < -0.4 is 0 Å². The fourth-order valence-corrected chi connectivity index (χ4v) is 5.64. The minimum Gasteiger partial charge on any atom is -0.466 e. The normalized spacial score (nSPS) is 25.7. The van der Waals surface area contributed by atoms with Gasteiger partial charge in [-0.05, 0) is 76.0 Å². The summed E-state index contributed by atoms with van der Waals surface area (Å²) in [6.45, 7) is 5.21. The number of aliphatic hydroxyl groups excluding tert-OH is 1.